The van der Waals surface area contributed by atoms with Crippen LogP contribution in [-0.4, -0.2) is 38.3 Å². The number of carbonyl (C=O) groups excluding carboxylic acids is 1. The molecule has 1 atom stereocenters. The van der Waals surface area contributed by atoms with Crippen molar-refractivity contribution in [2.24, 2.45) is 0 Å². The van der Waals surface area contributed by atoms with Crippen LogP contribution in [0.5, 0.6) is 11.5 Å². The van der Waals surface area contributed by atoms with E-state index in [2.05, 4.69) is 10.2 Å². The van der Waals surface area contributed by atoms with E-state index in [1.807, 2.05) is 18.2 Å². The van der Waals surface area contributed by atoms with Gasteiger partial charge in [0.25, 0.3) is 0 Å². The van der Waals surface area contributed by atoms with Crippen molar-refractivity contribution in [2.75, 3.05) is 31.2 Å². The van der Waals surface area contributed by atoms with Crippen LogP contribution in [0.4, 0.5) is 5.69 Å². The van der Waals surface area contributed by atoms with Crippen molar-refractivity contribution in [3.8, 4) is 11.5 Å². The van der Waals surface area contributed by atoms with Gasteiger partial charge in [0, 0.05) is 26.1 Å². The number of anilines is 1. The van der Waals surface area contributed by atoms with Crippen molar-refractivity contribution in [3.05, 3.63) is 18.2 Å². The molecule has 1 aromatic rings. The van der Waals surface area contributed by atoms with Gasteiger partial charge in [0.05, 0.1) is 5.69 Å². The summed E-state index contributed by atoms with van der Waals surface area (Å²) in [6.45, 7) is 4.49. The van der Waals surface area contributed by atoms with Crippen LogP contribution in [-0.2, 0) is 4.79 Å². The molecule has 2 heterocycles. The minimum Gasteiger partial charge on any atom is -0.486 e. The molecule has 0 radical (unpaired) electrons. The van der Waals surface area contributed by atoms with Crippen molar-refractivity contribution in [1.29, 1.82) is 0 Å². The summed E-state index contributed by atoms with van der Waals surface area (Å²) in [7, 11) is 0. The first-order chi connectivity index (χ1) is 9.24. The molecule has 3 rings (SSSR count). The second kappa shape index (κ2) is 4.99. The number of fused-ring (bicyclic) bond motifs is 1. The summed E-state index contributed by atoms with van der Waals surface area (Å²) in [5.74, 6) is 1.67. The lowest BCUT2D eigenvalue weighted by Gasteiger charge is -2.26. The number of nitrogens with zero attached hydrogens (tertiary/aromatic N) is 1. The molecule has 0 spiro atoms. The first kappa shape index (κ1) is 12.1. The number of benzene rings is 1. The smallest absolute Gasteiger partial charge is 0.217 e. The number of para-hydroxylation sites is 1. The van der Waals surface area contributed by atoms with Gasteiger partial charge in [-0.05, 0) is 18.6 Å². The summed E-state index contributed by atoms with van der Waals surface area (Å²) in [4.78, 5) is 13.3. The van der Waals surface area contributed by atoms with E-state index in [-0.39, 0.29) is 11.9 Å². The monoisotopic (exact) mass is 262 g/mol. The average molecular weight is 262 g/mol. The topological polar surface area (TPSA) is 50.8 Å². The Kier molecular flexibility index (Phi) is 3.19. The quantitative estimate of drug-likeness (QED) is 0.869. The Balaban J connectivity index is 1.78. The van der Waals surface area contributed by atoms with E-state index in [9.17, 15) is 4.79 Å². The van der Waals surface area contributed by atoms with Gasteiger partial charge < -0.3 is 19.7 Å². The molecule has 2 aliphatic rings. The van der Waals surface area contributed by atoms with Gasteiger partial charge >= 0.3 is 0 Å². The Morgan fingerprint density at radius 3 is 3.05 bits per heavy atom. The van der Waals surface area contributed by atoms with Crippen LogP contribution in [0, 0.1) is 0 Å². The summed E-state index contributed by atoms with van der Waals surface area (Å²) >= 11 is 0. The fourth-order valence-electron chi connectivity index (χ4n) is 2.69. The molecule has 0 bridgehead atoms. The third-order valence-electron chi connectivity index (χ3n) is 3.48. The van der Waals surface area contributed by atoms with E-state index in [1.165, 1.54) is 0 Å². The Bertz CT molecular complexity index is 490. The van der Waals surface area contributed by atoms with Gasteiger partial charge in [-0.2, -0.15) is 0 Å². The summed E-state index contributed by atoms with van der Waals surface area (Å²) in [6.07, 6.45) is 0.962. The molecular formula is C14H18N2O3. The Labute approximate surface area is 112 Å². The van der Waals surface area contributed by atoms with Crippen LogP contribution in [0.1, 0.15) is 13.3 Å². The Morgan fingerprint density at radius 2 is 2.21 bits per heavy atom. The number of ether oxygens (including phenoxy) is 2. The molecular weight excluding hydrogens is 244 g/mol. The summed E-state index contributed by atoms with van der Waals surface area (Å²) in [6, 6.07) is 6.18. The van der Waals surface area contributed by atoms with Gasteiger partial charge in [-0.3, -0.25) is 4.79 Å². The van der Waals surface area contributed by atoms with Crippen molar-refractivity contribution >= 4 is 11.6 Å². The molecule has 0 aliphatic carbocycles. The molecule has 1 amide bonds. The number of carbonyl (C=O) groups is 1. The van der Waals surface area contributed by atoms with Gasteiger partial charge in [-0.25, -0.2) is 0 Å². The lowest BCUT2D eigenvalue weighted by molar-refractivity contribution is -0.119. The lowest BCUT2D eigenvalue weighted by Crippen LogP contribution is -2.35. The van der Waals surface area contributed by atoms with Gasteiger partial charge in [0.15, 0.2) is 11.5 Å². The normalized spacial score (nSPS) is 21.3. The van der Waals surface area contributed by atoms with Crippen LogP contribution in [0.3, 0.4) is 0 Å². The van der Waals surface area contributed by atoms with Crippen molar-refractivity contribution < 1.29 is 14.3 Å². The molecule has 1 unspecified atom stereocenters. The SMILES string of the molecule is CC(=O)NC1CCN(c2cccc3c2OCCO3)C1. The van der Waals surface area contributed by atoms with E-state index in [0.29, 0.717) is 13.2 Å². The molecule has 0 aromatic heterocycles. The highest BCUT2D eigenvalue weighted by atomic mass is 16.6. The highest BCUT2D eigenvalue weighted by Crippen LogP contribution is 2.40. The van der Waals surface area contributed by atoms with Gasteiger partial charge in [0.2, 0.25) is 5.91 Å². The molecule has 5 heteroatoms. The summed E-state index contributed by atoms with van der Waals surface area (Å²) in [5, 5.41) is 2.97. The molecule has 0 saturated carbocycles. The fourth-order valence-corrected chi connectivity index (χ4v) is 2.69. The molecule has 5 nitrogen and oxygen atoms in total. The zero-order valence-corrected chi connectivity index (χ0v) is 11.0. The third-order valence-corrected chi connectivity index (χ3v) is 3.48. The van der Waals surface area contributed by atoms with Crippen molar-refractivity contribution in [3.63, 3.8) is 0 Å². The van der Waals surface area contributed by atoms with Crippen LogP contribution in [0.25, 0.3) is 0 Å². The summed E-state index contributed by atoms with van der Waals surface area (Å²) in [5.41, 5.74) is 1.06. The highest BCUT2D eigenvalue weighted by molar-refractivity contribution is 5.73. The zero-order chi connectivity index (χ0) is 13.2. The first-order valence-corrected chi connectivity index (χ1v) is 6.64. The van der Waals surface area contributed by atoms with Gasteiger partial charge in [0.1, 0.15) is 13.2 Å². The second-order valence-electron chi connectivity index (χ2n) is 4.93. The molecule has 1 N–H and O–H groups in total. The maximum absolute atomic E-state index is 11.1. The van der Waals surface area contributed by atoms with Gasteiger partial charge in [-0.15, -0.1) is 0 Å². The minimum atomic E-state index is 0.0292. The molecule has 1 saturated heterocycles. The van der Waals surface area contributed by atoms with E-state index in [4.69, 9.17) is 9.47 Å². The zero-order valence-electron chi connectivity index (χ0n) is 11.0. The largest absolute Gasteiger partial charge is 0.486 e. The van der Waals surface area contributed by atoms with E-state index in [1.54, 1.807) is 6.92 Å². The fraction of sp³-hybridized carbons (Fsp3) is 0.500. The molecule has 102 valence electrons. The number of hydrogen-bond acceptors (Lipinski definition) is 4. The second-order valence-corrected chi connectivity index (χ2v) is 4.93. The van der Waals surface area contributed by atoms with E-state index < -0.39 is 0 Å². The number of hydrogen-bond donors (Lipinski definition) is 1. The van der Waals surface area contributed by atoms with Crippen molar-refractivity contribution in [2.45, 2.75) is 19.4 Å². The molecule has 1 fully saturated rings. The Morgan fingerprint density at radius 1 is 1.37 bits per heavy atom. The molecule has 2 aliphatic heterocycles. The number of rotatable bonds is 2. The van der Waals surface area contributed by atoms with Crippen LogP contribution in [0.15, 0.2) is 18.2 Å². The lowest BCUT2D eigenvalue weighted by atomic mass is 10.2. The van der Waals surface area contributed by atoms with Crippen LogP contribution in [0.2, 0.25) is 0 Å². The number of amides is 1. The van der Waals surface area contributed by atoms with Gasteiger partial charge in [-0.1, -0.05) is 6.07 Å². The standard InChI is InChI=1S/C14H18N2O3/c1-10(17)15-11-5-6-16(9-11)12-3-2-4-13-14(12)19-8-7-18-13/h2-4,11H,5-9H2,1H3,(H,15,17). The van der Waals surface area contributed by atoms with E-state index >= 15 is 0 Å². The average Bonchev–Trinajstić information content (AvgIpc) is 2.85. The minimum absolute atomic E-state index is 0.0292. The maximum Gasteiger partial charge on any atom is 0.217 e. The number of nitrogens with one attached hydrogen (secondary N) is 1. The van der Waals surface area contributed by atoms with E-state index in [0.717, 1.165) is 36.7 Å². The molecule has 19 heavy (non-hydrogen) atoms. The van der Waals surface area contributed by atoms with Crippen molar-refractivity contribution in [1.82, 2.24) is 5.32 Å². The maximum atomic E-state index is 11.1. The molecule has 1 aromatic carbocycles. The predicted octanol–water partition coefficient (Wildman–Crippen LogP) is 1.17. The third kappa shape index (κ3) is 2.45. The Hall–Kier alpha value is -1.91. The van der Waals surface area contributed by atoms with Crippen LogP contribution >= 0.6 is 0 Å². The highest BCUT2D eigenvalue weighted by Gasteiger charge is 2.27. The summed E-state index contributed by atoms with van der Waals surface area (Å²) < 4.78 is 11.3. The first-order valence-electron chi connectivity index (χ1n) is 6.64. The van der Waals surface area contributed by atoms with Crippen LogP contribution < -0.4 is 19.7 Å². The predicted molar refractivity (Wildman–Crippen MR) is 71.9 cm³/mol.